The minimum Gasteiger partial charge on any atom is -0.398 e. The molecule has 0 spiro atoms. The Labute approximate surface area is 114 Å². The lowest BCUT2D eigenvalue weighted by Crippen LogP contribution is -2.10. The number of rotatable bonds is 2. The quantitative estimate of drug-likeness (QED) is 0.647. The SMILES string of the molecule is Nc1ccc2c(c1C(=O)c1cccnc1)OS(=O)(=O)O2. The molecule has 102 valence electrons. The molecule has 0 aliphatic carbocycles. The van der Waals surface area contributed by atoms with Crippen LogP contribution in [0.1, 0.15) is 15.9 Å². The maximum Gasteiger partial charge on any atom is 0.501 e. The van der Waals surface area contributed by atoms with Gasteiger partial charge in [-0.15, -0.1) is 8.42 Å². The van der Waals surface area contributed by atoms with E-state index in [1.165, 1.54) is 24.5 Å². The Morgan fingerprint density at radius 3 is 2.70 bits per heavy atom. The summed E-state index contributed by atoms with van der Waals surface area (Å²) in [6.45, 7) is 0. The third-order valence-corrected chi connectivity index (χ3v) is 3.44. The number of fused-ring (bicyclic) bond motifs is 1. The Morgan fingerprint density at radius 2 is 2.00 bits per heavy atom. The second-order valence-corrected chi connectivity index (χ2v) is 5.15. The maximum atomic E-state index is 12.4. The highest BCUT2D eigenvalue weighted by Gasteiger charge is 2.34. The van der Waals surface area contributed by atoms with Gasteiger partial charge in [-0.1, -0.05) is 0 Å². The van der Waals surface area contributed by atoms with E-state index in [4.69, 9.17) is 5.73 Å². The number of hydrogen-bond donors (Lipinski definition) is 1. The Bertz CT molecular complexity index is 802. The number of carbonyl (C=O) groups is 1. The summed E-state index contributed by atoms with van der Waals surface area (Å²) in [5.41, 5.74) is 6.05. The van der Waals surface area contributed by atoms with Crippen LogP contribution in [0.3, 0.4) is 0 Å². The molecule has 0 fully saturated rings. The minimum atomic E-state index is -4.18. The Balaban J connectivity index is 2.17. The Hall–Kier alpha value is -2.61. The zero-order valence-electron chi connectivity index (χ0n) is 9.94. The van der Waals surface area contributed by atoms with E-state index in [1.807, 2.05) is 0 Å². The first-order valence-electron chi connectivity index (χ1n) is 5.49. The van der Waals surface area contributed by atoms with E-state index in [0.29, 0.717) is 0 Å². The predicted octanol–water partition coefficient (Wildman–Crippen LogP) is 0.911. The van der Waals surface area contributed by atoms with Crippen LogP contribution >= 0.6 is 0 Å². The van der Waals surface area contributed by atoms with Crippen molar-refractivity contribution in [1.29, 1.82) is 0 Å². The van der Waals surface area contributed by atoms with E-state index >= 15 is 0 Å². The van der Waals surface area contributed by atoms with E-state index in [1.54, 1.807) is 12.1 Å². The molecule has 1 aromatic carbocycles. The molecular formula is C12H8N2O5S. The van der Waals surface area contributed by atoms with Crippen molar-refractivity contribution in [2.45, 2.75) is 0 Å². The van der Waals surface area contributed by atoms with Crippen molar-refractivity contribution in [3.8, 4) is 11.5 Å². The number of ketones is 1. The van der Waals surface area contributed by atoms with Gasteiger partial charge in [0.2, 0.25) is 11.5 Å². The molecule has 0 amide bonds. The number of aromatic nitrogens is 1. The molecule has 0 bridgehead atoms. The number of nitrogen functional groups attached to an aromatic ring is 1. The van der Waals surface area contributed by atoms with Crippen molar-refractivity contribution in [2.75, 3.05) is 5.73 Å². The molecule has 2 heterocycles. The van der Waals surface area contributed by atoms with E-state index < -0.39 is 16.2 Å². The Morgan fingerprint density at radius 1 is 1.20 bits per heavy atom. The fraction of sp³-hybridized carbons (Fsp3) is 0. The molecule has 20 heavy (non-hydrogen) atoms. The van der Waals surface area contributed by atoms with Crippen LogP contribution in [0.5, 0.6) is 11.5 Å². The second kappa shape index (κ2) is 4.20. The second-order valence-electron chi connectivity index (χ2n) is 4.00. The number of anilines is 1. The van der Waals surface area contributed by atoms with Gasteiger partial charge in [-0.05, 0) is 24.3 Å². The highest BCUT2D eigenvalue weighted by atomic mass is 32.3. The number of nitrogens with two attached hydrogens (primary N) is 1. The van der Waals surface area contributed by atoms with Crippen molar-refractivity contribution < 1.29 is 21.6 Å². The van der Waals surface area contributed by atoms with Crippen molar-refractivity contribution in [3.05, 3.63) is 47.8 Å². The number of nitrogens with zero attached hydrogens (tertiary/aromatic N) is 1. The fourth-order valence-electron chi connectivity index (χ4n) is 1.83. The third kappa shape index (κ3) is 1.95. The van der Waals surface area contributed by atoms with Gasteiger partial charge in [-0.3, -0.25) is 9.78 Å². The number of carbonyl (C=O) groups excluding carboxylic acids is 1. The van der Waals surface area contributed by atoms with Gasteiger partial charge in [0.1, 0.15) is 0 Å². The zero-order chi connectivity index (χ0) is 14.3. The summed E-state index contributed by atoms with van der Waals surface area (Å²) in [5, 5.41) is 0. The van der Waals surface area contributed by atoms with Crippen LogP contribution < -0.4 is 14.1 Å². The van der Waals surface area contributed by atoms with Crippen LogP contribution in [-0.4, -0.2) is 19.2 Å². The van der Waals surface area contributed by atoms with Crippen LogP contribution in [0.25, 0.3) is 0 Å². The number of pyridine rings is 1. The first-order chi connectivity index (χ1) is 9.48. The predicted molar refractivity (Wildman–Crippen MR) is 68.7 cm³/mol. The monoisotopic (exact) mass is 292 g/mol. The molecular weight excluding hydrogens is 284 g/mol. The number of benzene rings is 1. The van der Waals surface area contributed by atoms with E-state index in [-0.39, 0.29) is 28.3 Å². The van der Waals surface area contributed by atoms with Gasteiger partial charge in [0, 0.05) is 23.6 Å². The van der Waals surface area contributed by atoms with Crippen LogP contribution in [0, 0.1) is 0 Å². The van der Waals surface area contributed by atoms with Gasteiger partial charge in [0.25, 0.3) is 0 Å². The Kier molecular flexibility index (Phi) is 2.61. The molecule has 2 aromatic rings. The first-order valence-corrected chi connectivity index (χ1v) is 6.82. The average Bonchev–Trinajstić information content (AvgIpc) is 2.73. The first kappa shape index (κ1) is 12.4. The van der Waals surface area contributed by atoms with Gasteiger partial charge in [0.15, 0.2) is 5.75 Å². The molecule has 8 heteroatoms. The highest BCUT2D eigenvalue weighted by Crippen LogP contribution is 2.42. The molecule has 1 aromatic heterocycles. The van der Waals surface area contributed by atoms with Gasteiger partial charge >= 0.3 is 10.4 Å². The molecule has 0 unspecified atom stereocenters. The van der Waals surface area contributed by atoms with Gasteiger partial charge in [-0.25, -0.2) is 0 Å². The standard InChI is InChI=1S/C12H8N2O5S/c13-8-3-4-9-12(19-20(16,17)18-9)10(8)11(15)7-2-1-5-14-6-7/h1-6H,13H2. The maximum absolute atomic E-state index is 12.4. The summed E-state index contributed by atoms with van der Waals surface area (Å²) in [6.07, 6.45) is 2.87. The highest BCUT2D eigenvalue weighted by molar-refractivity contribution is 7.82. The summed E-state index contributed by atoms with van der Waals surface area (Å²) in [6, 6.07) is 5.83. The molecule has 2 N–H and O–H groups in total. The van der Waals surface area contributed by atoms with E-state index in [0.717, 1.165) is 0 Å². The summed E-state index contributed by atoms with van der Waals surface area (Å²) in [7, 11) is -4.18. The van der Waals surface area contributed by atoms with Crippen LogP contribution in [0.15, 0.2) is 36.7 Å². The zero-order valence-corrected chi connectivity index (χ0v) is 10.8. The van der Waals surface area contributed by atoms with Crippen molar-refractivity contribution >= 4 is 21.9 Å². The molecule has 0 atom stereocenters. The smallest absolute Gasteiger partial charge is 0.398 e. The summed E-state index contributed by atoms with van der Waals surface area (Å²) in [5.74, 6) is -0.751. The number of hydrogen-bond acceptors (Lipinski definition) is 7. The van der Waals surface area contributed by atoms with Crippen molar-refractivity contribution in [3.63, 3.8) is 0 Å². The molecule has 0 saturated heterocycles. The van der Waals surface area contributed by atoms with Crippen LogP contribution in [0.2, 0.25) is 0 Å². The topological polar surface area (TPSA) is 109 Å². The van der Waals surface area contributed by atoms with Crippen molar-refractivity contribution in [2.24, 2.45) is 0 Å². The van der Waals surface area contributed by atoms with Gasteiger partial charge in [0.05, 0.1) is 5.56 Å². The lowest BCUT2D eigenvalue weighted by Gasteiger charge is -2.06. The van der Waals surface area contributed by atoms with Crippen molar-refractivity contribution in [1.82, 2.24) is 4.98 Å². The van der Waals surface area contributed by atoms with Crippen LogP contribution in [-0.2, 0) is 10.4 Å². The summed E-state index contributed by atoms with van der Waals surface area (Å²) in [4.78, 5) is 16.2. The van der Waals surface area contributed by atoms with E-state index in [2.05, 4.69) is 13.4 Å². The van der Waals surface area contributed by atoms with Gasteiger partial charge in [-0.2, -0.15) is 0 Å². The molecule has 1 aliphatic rings. The molecule has 1 aliphatic heterocycles. The van der Waals surface area contributed by atoms with Crippen LogP contribution in [0.4, 0.5) is 5.69 Å². The molecule has 0 radical (unpaired) electrons. The summed E-state index contributed by atoms with van der Waals surface area (Å²) >= 11 is 0. The summed E-state index contributed by atoms with van der Waals surface area (Å²) < 4.78 is 31.9. The molecule has 3 rings (SSSR count). The minimum absolute atomic E-state index is 0.0587. The van der Waals surface area contributed by atoms with Gasteiger partial charge < -0.3 is 14.1 Å². The third-order valence-electron chi connectivity index (χ3n) is 2.68. The largest absolute Gasteiger partial charge is 0.501 e. The molecule has 0 saturated carbocycles. The fourth-order valence-corrected chi connectivity index (χ4v) is 2.59. The van der Waals surface area contributed by atoms with E-state index in [9.17, 15) is 13.2 Å². The lowest BCUT2D eigenvalue weighted by atomic mass is 10.0. The normalized spacial score (nSPS) is 15.0. The average molecular weight is 292 g/mol. The molecule has 7 nitrogen and oxygen atoms in total. The lowest BCUT2D eigenvalue weighted by molar-refractivity contribution is 0.103.